The fraction of sp³-hybridized carbons (Fsp3) is 0.368. The van der Waals surface area contributed by atoms with Crippen molar-refractivity contribution in [2.24, 2.45) is 5.92 Å². The molecule has 0 fully saturated rings. The predicted molar refractivity (Wildman–Crippen MR) is 106 cm³/mol. The molecule has 0 aliphatic carbocycles. The summed E-state index contributed by atoms with van der Waals surface area (Å²) in [6.45, 7) is 4.41. The number of aryl methyl sites for hydroxylation is 1. The lowest BCUT2D eigenvalue weighted by molar-refractivity contribution is -0.384. The van der Waals surface area contributed by atoms with E-state index < -0.39 is 10.7 Å². The SMILES string of the molecule is CC(C)[C@@H](NC(=O)CCCn1c(=O)oc2cc([N+](=O)[O-])ccc21)c1cccs1. The molecule has 148 valence electrons. The van der Waals surface area contributed by atoms with Crippen LogP contribution in [0.5, 0.6) is 0 Å². The number of fused-ring (bicyclic) bond motifs is 1. The lowest BCUT2D eigenvalue weighted by Gasteiger charge is -2.21. The Morgan fingerprint density at radius 2 is 2.14 bits per heavy atom. The van der Waals surface area contributed by atoms with Crippen LogP contribution in [0.1, 0.15) is 37.6 Å². The molecule has 2 aromatic heterocycles. The Kier molecular flexibility index (Phi) is 5.93. The topological polar surface area (TPSA) is 107 Å². The minimum atomic E-state index is -0.588. The van der Waals surface area contributed by atoms with Gasteiger partial charge < -0.3 is 9.73 Å². The van der Waals surface area contributed by atoms with Crippen LogP contribution in [-0.2, 0) is 11.3 Å². The molecule has 9 heteroatoms. The molecule has 0 saturated heterocycles. The lowest BCUT2D eigenvalue weighted by atomic mass is 10.0. The first-order valence-corrected chi connectivity index (χ1v) is 9.85. The summed E-state index contributed by atoms with van der Waals surface area (Å²) in [7, 11) is 0. The van der Waals surface area contributed by atoms with Crippen molar-refractivity contribution in [1.82, 2.24) is 9.88 Å². The molecule has 8 nitrogen and oxygen atoms in total. The zero-order valence-electron chi connectivity index (χ0n) is 15.6. The molecule has 1 amide bonds. The summed E-state index contributed by atoms with van der Waals surface area (Å²) in [4.78, 5) is 35.8. The number of carbonyl (C=O) groups is 1. The second-order valence-corrected chi connectivity index (χ2v) is 7.82. The van der Waals surface area contributed by atoms with E-state index in [1.165, 1.54) is 22.8 Å². The van der Waals surface area contributed by atoms with Crippen molar-refractivity contribution in [1.29, 1.82) is 0 Å². The van der Waals surface area contributed by atoms with E-state index >= 15 is 0 Å². The van der Waals surface area contributed by atoms with Gasteiger partial charge in [-0.3, -0.25) is 19.5 Å². The van der Waals surface area contributed by atoms with Crippen LogP contribution >= 0.6 is 11.3 Å². The van der Waals surface area contributed by atoms with E-state index in [1.807, 2.05) is 17.5 Å². The van der Waals surface area contributed by atoms with Crippen LogP contribution in [0.15, 0.2) is 44.9 Å². The first kappa shape index (κ1) is 19.8. The van der Waals surface area contributed by atoms with Crippen molar-refractivity contribution in [3.8, 4) is 0 Å². The molecule has 0 spiro atoms. The molecule has 1 N–H and O–H groups in total. The molecule has 0 bridgehead atoms. The molecule has 1 aromatic carbocycles. The first-order chi connectivity index (χ1) is 13.4. The van der Waals surface area contributed by atoms with Gasteiger partial charge in [-0.05, 0) is 29.9 Å². The third-order valence-corrected chi connectivity index (χ3v) is 5.44. The van der Waals surface area contributed by atoms with Crippen LogP contribution in [0.4, 0.5) is 5.69 Å². The number of benzene rings is 1. The molecule has 0 radical (unpaired) electrons. The number of nitrogens with zero attached hydrogens (tertiary/aromatic N) is 2. The van der Waals surface area contributed by atoms with Crippen LogP contribution in [-0.4, -0.2) is 15.4 Å². The molecule has 0 aliphatic heterocycles. The van der Waals surface area contributed by atoms with Crippen molar-refractivity contribution in [2.75, 3.05) is 0 Å². The van der Waals surface area contributed by atoms with E-state index in [-0.39, 0.29) is 35.6 Å². The Labute approximate surface area is 164 Å². The average Bonchev–Trinajstić information content (AvgIpc) is 3.27. The molecule has 1 atom stereocenters. The largest absolute Gasteiger partial charge is 0.419 e. The number of rotatable bonds is 8. The molecule has 2 heterocycles. The second kappa shape index (κ2) is 8.39. The number of hydrogen-bond acceptors (Lipinski definition) is 6. The second-order valence-electron chi connectivity index (χ2n) is 6.84. The number of oxazole rings is 1. The van der Waals surface area contributed by atoms with Crippen molar-refractivity contribution in [3.63, 3.8) is 0 Å². The summed E-state index contributed by atoms with van der Waals surface area (Å²) < 4.78 is 6.49. The standard InChI is InChI=1S/C19H21N3O5S/c1-12(2)18(16-5-4-10-28-16)20-17(23)6-3-9-21-14-8-7-13(22(25)26)11-15(14)27-19(21)24/h4-5,7-8,10-12,18H,3,6,9H2,1-2H3,(H,20,23)/t18-/m1/s1. The average molecular weight is 403 g/mol. The predicted octanol–water partition coefficient (Wildman–Crippen LogP) is 3.86. The summed E-state index contributed by atoms with van der Waals surface area (Å²) in [6, 6.07) is 7.98. The number of nitro groups is 1. The number of thiophene rings is 1. The number of amides is 1. The van der Waals surface area contributed by atoms with Gasteiger partial charge >= 0.3 is 5.76 Å². The fourth-order valence-corrected chi connectivity index (χ4v) is 4.01. The van der Waals surface area contributed by atoms with Gasteiger partial charge in [-0.1, -0.05) is 19.9 Å². The van der Waals surface area contributed by atoms with E-state index in [9.17, 15) is 19.7 Å². The molecule has 28 heavy (non-hydrogen) atoms. The van der Waals surface area contributed by atoms with Crippen LogP contribution in [0.25, 0.3) is 11.1 Å². The van der Waals surface area contributed by atoms with Crippen LogP contribution in [0, 0.1) is 16.0 Å². The summed E-state index contributed by atoms with van der Waals surface area (Å²) in [5.74, 6) is -0.406. The van der Waals surface area contributed by atoms with E-state index in [2.05, 4.69) is 19.2 Å². The third-order valence-electron chi connectivity index (χ3n) is 4.48. The van der Waals surface area contributed by atoms with Crippen LogP contribution in [0.2, 0.25) is 0 Å². The Bertz CT molecular complexity index is 1040. The number of carbonyl (C=O) groups excluding carboxylic acids is 1. The summed E-state index contributed by atoms with van der Waals surface area (Å²) in [6.07, 6.45) is 0.716. The molecule has 3 rings (SSSR count). The van der Waals surface area contributed by atoms with E-state index in [0.717, 1.165) is 4.88 Å². The van der Waals surface area contributed by atoms with Gasteiger partial charge in [0.15, 0.2) is 5.58 Å². The van der Waals surface area contributed by atoms with Crippen molar-refractivity contribution >= 4 is 34.0 Å². The zero-order chi connectivity index (χ0) is 20.3. The van der Waals surface area contributed by atoms with Gasteiger partial charge in [-0.25, -0.2) is 4.79 Å². The molecule has 0 unspecified atom stereocenters. The minimum Gasteiger partial charge on any atom is -0.407 e. The molecule has 0 saturated carbocycles. The normalized spacial score (nSPS) is 12.4. The van der Waals surface area contributed by atoms with E-state index in [4.69, 9.17) is 4.42 Å². The number of nitro benzene ring substituents is 1. The van der Waals surface area contributed by atoms with Crippen molar-refractivity contribution in [3.05, 3.63) is 61.3 Å². The van der Waals surface area contributed by atoms with E-state index in [0.29, 0.717) is 18.5 Å². The summed E-state index contributed by atoms with van der Waals surface area (Å²) in [5, 5.41) is 15.9. The van der Waals surface area contributed by atoms with E-state index in [1.54, 1.807) is 11.3 Å². The quantitative estimate of drug-likeness (QED) is 0.454. The van der Waals surface area contributed by atoms with Gasteiger partial charge in [0.2, 0.25) is 5.91 Å². The Morgan fingerprint density at radius 1 is 1.36 bits per heavy atom. The molecular weight excluding hydrogens is 382 g/mol. The monoisotopic (exact) mass is 403 g/mol. The summed E-state index contributed by atoms with van der Waals surface area (Å²) in [5.41, 5.74) is 0.511. The van der Waals surface area contributed by atoms with Crippen molar-refractivity contribution < 1.29 is 14.1 Å². The summed E-state index contributed by atoms with van der Waals surface area (Å²) >= 11 is 1.61. The maximum Gasteiger partial charge on any atom is 0.419 e. The van der Waals surface area contributed by atoms with Crippen LogP contribution in [0.3, 0.4) is 0 Å². The number of aromatic nitrogens is 1. The highest BCUT2D eigenvalue weighted by Crippen LogP contribution is 2.26. The van der Waals surface area contributed by atoms with Gasteiger partial charge in [0.05, 0.1) is 22.5 Å². The van der Waals surface area contributed by atoms with Crippen LogP contribution < -0.4 is 11.1 Å². The Balaban J connectivity index is 1.63. The van der Waals surface area contributed by atoms with Gasteiger partial charge in [-0.15, -0.1) is 11.3 Å². The molecular formula is C19H21N3O5S. The maximum absolute atomic E-state index is 12.4. The van der Waals surface area contributed by atoms with Gasteiger partial charge in [0.25, 0.3) is 5.69 Å². The highest BCUT2D eigenvalue weighted by Gasteiger charge is 2.19. The van der Waals surface area contributed by atoms with Crippen molar-refractivity contribution in [2.45, 2.75) is 39.3 Å². The Morgan fingerprint density at radius 3 is 2.79 bits per heavy atom. The Hall–Kier alpha value is -2.94. The maximum atomic E-state index is 12.4. The highest BCUT2D eigenvalue weighted by atomic mass is 32.1. The molecule has 0 aliphatic rings. The van der Waals surface area contributed by atoms with Gasteiger partial charge in [0, 0.05) is 23.9 Å². The first-order valence-electron chi connectivity index (χ1n) is 8.97. The lowest BCUT2D eigenvalue weighted by Crippen LogP contribution is -2.31. The fourth-order valence-electron chi connectivity index (χ4n) is 3.06. The molecule has 3 aromatic rings. The number of nitrogens with one attached hydrogen (secondary N) is 1. The van der Waals surface area contributed by atoms with Gasteiger partial charge in [0.1, 0.15) is 0 Å². The van der Waals surface area contributed by atoms with Gasteiger partial charge in [-0.2, -0.15) is 0 Å². The number of hydrogen-bond donors (Lipinski definition) is 1. The smallest absolute Gasteiger partial charge is 0.407 e. The highest BCUT2D eigenvalue weighted by molar-refractivity contribution is 7.10. The third kappa shape index (κ3) is 4.30. The zero-order valence-corrected chi connectivity index (χ0v) is 16.4. The number of non-ortho nitro benzene ring substituents is 1. The minimum absolute atomic E-state index is 0.0365.